The van der Waals surface area contributed by atoms with Crippen LogP contribution in [0.25, 0.3) is 0 Å². The van der Waals surface area contributed by atoms with Gasteiger partial charge in [-0.1, -0.05) is 0 Å². The van der Waals surface area contributed by atoms with Crippen LogP contribution in [-0.4, -0.2) is 47.8 Å². The van der Waals surface area contributed by atoms with Crippen LogP contribution < -0.4 is 16.4 Å². The third-order valence-electron chi connectivity index (χ3n) is 2.98. The van der Waals surface area contributed by atoms with Crippen molar-refractivity contribution in [3.8, 4) is 0 Å². The maximum Gasteiger partial charge on any atom is 0.326 e. The molecule has 3 amide bonds. The molecule has 1 rings (SSSR count). The molecule has 0 aromatic rings. The average molecular weight is 273 g/mol. The maximum absolute atomic E-state index is 11.6. The van der Waals surface area contributed by atoms with Gasteiger partial charge in [0, 0.05) is 13.0 Å². The molecule has 8 nitrogen and oxygen atoms in total. The van der Waals surface area contributed by atoms with E-state index in [0.29, 0.717) is 13.0 Å². The van der Waals surface area contributed by atoms with Crippen LogP contribution in [0.5, 0.6) is 0 Å². The Kier molecular flexibility index (Phi) is 5.56. The maximum atomic E-state index is 11.6. The minimum Gasteiger partial charge on any atom is -0.480 e. The largest absolute Gasteiger partial charge is 0.480 e. The molecule has 0 aromatic carbocycles. The van der Waals surface area contributed by atoms with Crippen molar-refractivity contribution in [2.45, 2.75) is 44.4 Å². The standard InChI is InChI=1S/C11H19N3O5/c1-6-7(4-5-19-6)13-11(18)14-8(10(16)17)2-3-9(12)15/h6-8H,2-5H2,1H3,(H2,12,15)(H,16,17)(H2,13,14,18)/t6?,7?,8-/m0/s1. The Morgan fingerprint density at radius 1 is 1.47 bits per heavy atom. The number of ether oxygens (including phenoxy) is 1. The molecule has 0 aliphatic carbocycles. The lowest BCUT2D eigenvalue weighted by molar-refractivity contribution is -0.139. The summed E-state index contributed by atoms with van der Waals surface area (Å²) < 4.78 is 5.28. The predicted octanol–water partition coefficient (Wildman–Crippen LogP) is -0.818. The highest BCUT2D eigenvalue weighted by atomic mass is 16.5. The zero-order chi connectivity index (χ0) is 14.4. The number of carbonyl (C=O) groups is 3. The molecule has 108 valence electrons. The highest BCUT2D eigenvalue weighted by Gasteiger charge is 2.27. The lowest BCUT2D eigenvalue weighted by atomic mass is 10.1. The lowest BCUT2D eigenvalue weighted by Crippen LogP contribution is -2.50. The summed E-state index contributed by atoms with van der Waals surface area (Å²) in [5.41, 5.74) is 4.95. The first-order chi connectivity index (χ1) is 8.90. The quantitative estimate of drug-likeness (QED) is 0.502. The van der Waals surface area contributed by atoms with Gasteiger partial charge >= 0.3 is 12.0 Å². The Morgan fingerprint density at radius 3 is 2.63 bits per heavy atom. The number of primary amides is 1. The molecule has 3 atom stereocenters. The summed E-state index contributed by atoms with van der Waals surface area (Å²) in [4.78, 5) is 33.2. The van der Waals surface area contributed by atoms with E-state index < -0.39 is 23.9 Å². The number of nitrogens with one attached hydrogen (secondary N) is 2. The first kappa shape index (κ1) is 15.2. The van der Waals surface area contributed by atoms with Crippen molar-refractivity contribution in [3.63, 3.8) is 0 Å². The second kappa shape index (κ2) is 6.93. The zero-order valence-electron chi connectivity index (χ0n) is 10.7. The highest BCUT2D eigenvalue weighted by Crippen LogP contribution is 2.12. The molecule has 1 aliphatic heterocycles. The molecule has 1 aliphatic rings. The predicted molar refractivity (Wildman–Crippen MR) is 65.3 cm³/mol. The van der Waals surface area contributed by atoms with E-state index >= 15 is 0 Å². The first-order valence-corrected chi connectivity index (χ1v) is 6.10. The van der Waals surface area contributed by atoms with E-state index in [2.05, 4.69) is 10.6 Å². The number of carboxylic acid groups (broad SMARTS) is 1. The monoisotopic (exact) mass is 273 g/mol. The van der Waals surface area contributed by atoms with Crippen molar-refractivity contribution in [3.05, 3.63) is 0 Å². The van der Waals surface area contributed by atoms with Gasteiger partial charge in [-0.25, -0.2) is 9.59 Å². The summed E-state index contributed by atoms with van der Waals surface area (Å²) in [6.07, 6.45) is 0.461. The van der Waals surface area contributed by atoms with Crippen molar-refractivity contribution >= 4 is 17.9 Å². The van der Waals surface area contributed by atoms with Crippen LogP contribution in [0.4, 0.5) is 4.79 Å². The molecule has 2 unspecified atom stereocenters. The normalized spacial score (nSPS) is 23.6. The van der Waals surface area contributed by atoms with E-state index in [1.165, 1.54) is 0 Å². The number of rotatable bonds is 6. The van der Waals surface area contributed by atoms with E-state index in [9.17, 15) is 14.4 Å². The second-order valence-corrected chi connectivity index (χ2v) is 4.48. The van der Waals surface area contributed by atoms with Gasteiger partial charge in [0.05, 0.1) is 12.1 Å². The minimum atomic E-state index is -1.20. The molecule has 1 saturated heterocycles. The van der Waals surface area contributed by atoms with Crippen LogP contribution >= 0.6 is 0 Å². The smallest absolute Gasteiger partial charge is 0.326 e. The summed E-state index contributed by atoms with van der Waals surface area (Å²) in [7, 11) is 0. The average Bonchev–Trinajstić information content (AvgIpc) is 2.69. The number of carbonyl (C=O) groups excluding carboxylic acids is 2. The number of hydrogen-bond donors (Lipinski definition) is 4. The molecule has 1 fully saturated rings. The Balaban J connectivity index is 2.42. The molecule has 0 bridgehead atoms. The number of aliphatic carboxylic acids is 1. The fourth-order valence-electron chi connectivity index (χ4n) is 1.83. The molecule has 0 saturated carbocycles. The van der Waals surface area contributed by atoms with Gasteiger partial charge < -0.3 is 26.2 Å². The molecular formula is C11H19N3O5. The van der Waals surface area contributed by atoms with Gasteiger partial charge in [0.2, 0.25) is 5.91 Å². The number of hydrogen-bond acceptors (Lipinski definition) is 4. The molecule has 8 heteroatoms. The third-order valence-corrected chi connectivity index (χ3v) is 2.98. The van der Waals surface area contributed by atoms with E-state index in [0.717, 1.165) is 0 Å². The number of nitrogens with two attached hydrogens (primary N) is 1. The Labute approximate surface area is 110 Å². The lowest BCUT2D eigenvalue weighted by Gasteiger charge is -2.19. The van der Waals surface area contributed by atoms with Crippen LogP contribution in [-0.2, 0) is 14.3 Å². The molecule has 0 spiro atoms. The zero-order valence-corrected chi connectivity index (χ0v) is 10.7. The first-order valence-electron chi connectivity index (χ1n) is 6.10. The van der Waals surface area contributed by atoms with Gasteiger partial charge in [0.1, 0.15) is 6.04 Å². The molecule has 0 radical (unpaired) electrons. The SMILES string of the molecule is CC1OCCC1NC(=O)N[C@@H](CCC(N)=O)C(=O)O. The fourth-order valence-corrected chi connectivity index (χ4v) is 1.83. The highest BCUT2D eigenvalue weighted by molar-refractivity contribution is 5.83. The Hall–Kier alpha value is -1.83. The topological polar surface area (TPSA) is 131 Å². The van der Waals surface area contributed by atoms with Gasteiger partial charge in [0.25, 0.3) is 0 Å². The second-order valence-electron chi connectivity index (χ2n) is 4.48. The van der Waals surface area contributed by atoms with Gasteiger partial charge in [-0.3, -0.25) is 4.79 Å². The van der Waals surface area contributed by atoms with Crippen molar-refractivity contribution < 1.29 is 24.2 Å². The Morgan fingerprint density at radius 2 is 2.16 bits per heavy atom. The van der Waals surface area contributed by atoms with E-state index in [-0.39, 0.29) is 25.0 Å². The van der Waals surface area contributed by atoms with Crippen molar-refractivity contribution in [2.75, 3.05) is 6.61 Å². The van der Waals surface area contributed by atoms with Crippen LogP contribution in [0.3, 0.4) is 0 Å². The molecular weight excluding hydrogens is 254 g/mol. The molecule has 19 heavy (non-hydrogen) atoms. The number of amides is 3. The molecule has 5 N–H and O–H groups in total. The fraction of sp³-hybridized carbons (Fsp3) is 0.727. The van der Waals surface area contributed by atoms with E-state index in [4.69, 9.17) is 15.6 Å². The van der Waals surface area contributed by atoms with Gasteiger partial charge in [-0.2, -0.15) is 0 Å². The number of urea groups is 1. The summed E-state index contributed by atoms with van der Waals surface area (Å²) in [6.45, 7) is 2.40. The van der Waals surface area contributed by atoms with Crippen molar-refractivity contribution in [2.24, 2.45) is 5.73 Å². The van der Waals surface area contributed by atoms with Gasteiger partial charge in [-0.05, 0) is 19.8 Å². The summed E-state index contributed by atoms with van der Waals surface area (Å²) in [6, 6.07) is -1.85. The number of carboxylic acids is 1. The van der Waals surface area contributed by atoms with Gasteiger partial charge in [0.15, 0.2) is 0 Å². The van der Waals surface area contributed by atoms with E-state index in [1.54, 1.807) is 0 Å². The minimum absolute atomic E-state index is 0.0329. The van der Waals surface area contributed by atoms with E-state index in [1.807, 2.05) is 6.92 Å². The summed E-state index contributed by atoms with van der Waals surface area (Å²) in [5, 5.41) is 13.9. The summed E-state index contributed by atoms with van der Waals surface area (Å²) >= 11 is 0. The molecule has 1 heterocycles. The van der Waals surface area contributed by atoms with Crippen LogP contribution in [0.2, 0.25) is 0 Å². The third kappa shape index (κ3) is 5.12. The van der Waals surface area contributed by atoms with Crippen LogP contribution in [0, 0.1) is 0 Å². The van der Waals surface area contributed by atoms with Crippen molar-refractivity contribution in [1.82, 2.24) is 10.6 Å². The summed E-state index contributed by atoms with van der Waals surface area (Å²) in [5.74, 6) is -1.81. The molecule has 0 aromatic heterocycles. The van der Waals surface area contributed by atoms with Crippen LogP contribution in [0.15, 0.2) is 0 Å². The Bertz CT molecular complexity index is 360. The van der Waals surface area contributed by atoms with Gasteiger partial charge in [-0.15, -0.1) is 0 Å². The van der Waals surface area contributed by atoms with Crippen molar-refractivity contribution in [1.29, 1.82) is 0 Å². The van der Waals surface area contributed by atoms with Crippen LogP contribution in [0.1, 0.15) is 26.2 Å².